The molecule has 2 amide bonds. The van der Waals surface area contributed by atoms with E-state index in [-0.39, 0.29) is 17.2 Å². The van der Waals surface area contributed by atoms with Crippen molar-refractivity contribution in [2.75, 3.05) is 13.1 Å². The second-order valence-electron chi connectivity index (χ2n) is 4.47. The van der Waals surface area contributed by atoms with Gasteiger partial charge in [-0.3, -0.25) is 9.59 Å². The highest BCUT2D eigenvalue weighted by molar-refractivity contribution is 5.65. The van der Waals surface area contributed by atoms with Gasteiger partial charge in [0.2, 0.25) is 12.8 Å². The van der Waals surface area contributed by atoms with Gasteiger partial charge in [0.15, 0.2) is 11.5 Å². The number of nitrogens with zero attached hydrogens (tertiary/aromatic N) is 2. The summed E-state index contributed by atoms with van der Waals surface area (Å²) >= 11 is 0. The van der Waals surface area contributed by atoms with Crippen molar-refractivity contribution in [1.29, 1.82) is 5.26 Å². The zero-order chi connectivity index (χ0) is 16.4. The third-order valence-corrected chi connectivity index (χ3v) is 2.91. The molecule has 0 aliphatic carbocycles. The number of aromatic hydroxyl groups is 2. The number of carbonyl (C=O) groups is 2. The molecule has 116 valence electrons. The number of phenolic OH excluding ortho intramolecular Hbond substituents is 2. The molecule has 0 unspecified atom stereocenters. The van der Waals surface area contributed by atoms with Gasteiger partial charge in [0.1, 0.15) is 11.8 Å². The number of hydrogen-bond acceptors (Lipinski definition) is 5. The van der Waals surface area contributed by atoms with Crippen LogP contribution in [-0.4, -0.2) is 41.0 Å². The van der Waals surface area contributed by atoms with Crippen LogP contribution >= 0.6 is 0 Å². The lowest BCUT2D eigenvalue weighted by Gasteiger charge is -2.16. The second kappa shape index (κ2) is 9.02. The first-order valence-electron chi connectivity index (χ1n) is 6.65. The quantitative estimate of drug-likeness (QED) is 0.272. The van der Waals surface area contributed by atoms with E-state index in [1.54, 1.807) is 0 Å². The number of unbranched alkanes of at least 4 members (excludes halogenated alkanes) is 1. The predicted molar refractivity (Wildman–Crippen MR) is 79.4 cm³/mol. The zero-order valence-corrected chi connectivity index (χ0v) is 11.9. The molecule has 0 aromatic heterocycles. The highest BCUT2D eigenvalue weighted by Gasteiger charge is 2.08. The molecule has 0 radical (unpaired) electrons. The van der Waals surface area contributed by atoms with Gasteiger partial charge in [-0.25, -0.2) is 0 Å². The van der Waals surface area contributed by atoms with Gasteiger partial charge < -0.3 is 20.4 Å². The molecule has 1 rings (SSSR count). The molecule has 0 saturated heterocycles. The zero-order valence-electron chi connectivity index (χ0n) is 11.9. The molecular weight excluding hydrogens is 286 g/mol. The maximum absolute atomic E-state index is 11.1. The Bertz CT molecular complexity index is 593. The number of hydrogen-bond donors (Lipinski definition) is 3. The van der Waals surface area contributed by atoms with Crippen LogP contribution < -0.4 is 5.32 Å². The lowest BCUT2D eigenvalue weighted by atomic mass is 10.1. The predicted octanol–water partition coefficient (Wildman–Crippen LogP) is 0.947. The minimum absolute atomic E-state index is 0.128. The summed E-state index contributed by atoms with van der Waals surface area (Å²) in [7, 11) is 0. The number of nitrogens with one attached hydrogen (secondary N) is 1. The standard InChI is InChI=1S/C15H17N3O4/c16-9-13(7-12-3-4-14(21)15(22)8-12)18(11-20)6-2-1-5-17-10-19/h3-4,7-8,10-11,21-22H,1-2,5-6H2,(H,17,19). The van der Waals surface area contributed by atoms with Crippen LogP contribution in [0.3, 0.4) is 0 Å². The first kappa shape index (κ1) is 17.0. The topological polar surface area (TPSA) is 114 Å². The highest BCUT2D eigenvalue weighted by Crippen LogP contribution is 2.26. The van der Waals surface area contributed by atoms with E-state index in [1.807, 2.05) is 6.07 Å². The number of amides is 2. The second-order valence-corrected chi connectivity index (χ2v) is 4.47. The van der Waals surface area contributed by atoms with Crippen molar-refractivity contribution >= 4 is 18.9 Å². The van der Waals surface area contributed by atoms with Gasteiger partial charge >= 0.3 is 0 Å². The number of phenols is 2. The number of carbonyl (C=O) groups excluding carboxylic acids is 2. The van der Waals surface area contributed by atoms with Crippen molar-refractivity contribution in [2.24, 2.45) is 0 Å². The van der Waals surface area contributed by atoms with Gasteiger partial charge in [-0.2, -0.15) is 5.26 Å². The van der Waals surface area contributed by atoms with Crippen LogP contribution in [0.4, 0.5) is 0 Å². The number of rotatable bonds is 9. The van der Waals surface area contributed by atoms with Gasteiger partial charge in [-0.05, 0) is 36.6 Å². The molecule has 0 saturated carbocycles. The minimum atomic E-state index is -0.302. The molecule has 0 atom stereocenters. The fraction of sp³-hybridized carbons (Fsp3) is 0.267. The first-order valence-corrected chi connectivity index (χ1v) is 6.65. The van der Waals surface area contributed by atoms with Gasteiger partial charge in [0.05, 0.1) is 0 Å². The smallest absolute Gasteiger partial charge is 0.214 e. The normalized spacial score (nSPS) is 10.6. The monoisotopic (exact) mass is 303 g/mol. The molecule has 1 aromatic rings. The van der Waals surface area contributed by atoms with Crippen molar-refractivity contribution < 1.29 is 19.8 Å². The average Bonchev–Trinajstić information content (AvgIpc) is 2.52. The molecule has 22 heavy (non-hydrogen) atoms. The molecule has 7 heteroatoms. The Morgan fingerprint density at radius 2 is 2.05 bits per heavy atom. The first-order chi connectivity index (χ1) is 10.6. The number of allylic oxidation sites excluding steroid dienone is 1. The van der Waals surface area contributed by atoms with Crippen LogP contribution in [0.5, 0.6) is 11.5 Å². The molecular formula is C15H17N3O4. The van der Waals surface area contributed by atoms with Crippen LogP contribution in [0.15, 0.2) is 23.9 Å². The summed E-state index contributed by atoms with van der Waals surface area (Å²) in [6.07, 6.45) is 3.91. The molecule has 0 fully saturated rings. The van der Waals surface area contributed by atoms with Crippen molar-refractivity contribution in [3.8, 4) is 17.6 Å². The van der Waals surface area contributed by atoms with Crippen LogP contribution in [0, 0.1) is 11.3 Å². The molecule has 0 heterocycles. The van der Waals surface area contributed by atoms with E-state index in [1.165, 1.54) is 29.2 Å². The van der Waals surface area contributed by atoms with Crippen molar-refractivity contribution in [3.05, 3.63) is 29.5 Å². The Morgan fingerprint density at radius 3 is 2.64 bits per heavy atom. The largest absolute Gasteiger partial charge is 0.504 e. The summed E-state index contributed by atoms with van der Waals surface area (Å²) in [6.45, 7) is 0.848. The summed E-state index contributed by atoms with van der Waals surface area (Å²) in [5, 5.41) is 30.3. The molecule has 0 spiro atoms. The maximum Gasteiger partial charge on any atom is 0.214 e. The molecule has 0 aliphatic heterocycles. The van der Waals surface area contributed by atoms with Crippen molar-refractivity contribution in [1.82, 2.24) is 10.2 Å². The Morgan fingerprint density at radius 1 is 1.27 bits per heavy atom. The van der Waals surface area contributed by atoms with E-state index >= 15 is 0 Å². The fourth-order valence-corrected chi connectivity index (χ4v) is 1.77. The van der Waals surface area contributed by atoms with E-state index < -0.39 is 0 Å². The molecule has 1 aromatic carbocycles. The van der Waals surface area contributed by atoms with Crippen LogP contribution in [0.25, 0.3) is 6.08 Å². The Hall–Kier alpha value is -3.01. The van der Waals surface area contributed by atoms with Gasteiger partial charge in [0, 0.05) is 13.1 Å². The van der Waals surface area contributed by atoms with Gasteiger partial charge in [0.25, 0.3) is 0 Å². The molecule has 3 N–H and O–H groups in total. The summed E-state index contributed by atoms with van der Waals surface area (Å²) in [5.74, 6) is -0.561. The summed E-state index contributed by atoms with van der Waals surface area (Å²) in [5.41, 5.74) is 0.616. The number of nitriles is 1. The molecule has 0 aliphatic rings. The SMILES string of the molecule is N#CC(=Cc1ccc(O)c(O)c1)N(C=O)CCCCNC=O. The third-order valence-electron chi connectivity index (χ3n) is 2.91. The van der Waals surface area contributed by atoms with E-state index in [0.29, 0.717) is 44.3 Å². The lowest BCUT2D eigenvalue weighted by Crippen LogP contribution is -2.23. The van der Waals surface area contributed by atoms with Crippen LogP contribution in [0.1, 0.15) is 18.4 Å². The maximum atomic E-state index is 11.1. The third kappa shape index (κ3) is 5.17. The van der Waals surface area contributed by atoms with E-state index in [4.69, 9.17) is 5.26 Å². The Kier molecular flexibility index (Phi) is 6.99. The van der Waals surface area contributed by atoms with E-state index in [9.17, 15) is 19.8 Å². The molecule has 0 bridgehead atoms. The Labute approximate surface area is 128 Å². The van der Waals surface area contributed by atoms with Gasteiger partial charge in [-0.15, -0.1) is 0 Å². The molecule has 7 nitrogen and oxygen atoms in total. The summed E-state index contributed by atoms with van der Waals surface area (Å²) in [4.78, 5) is 22.5. The average molecular weight is 303 g/mol. The Balaban J connectivity index is 2.75. The lowest BCUT2D eigenvalue weighted by molar-refractivity contribution is -0.116. The summed E-state index contributed by atoms with van der Waals surface area (Å²) < 4.78 is 0. The summed E-state index contributed by atoms with van der Waals surface area (Å²) in [6, 6.07) is 6.04. The number of benzene rings is 1. The minimum Gasteiger partial charge on any atom is -0.504 e. The van der Waals surface area contributed by atoms with Crippen molar-refractivity contribution in [3.63, 3.8) is 0 Å². The van der Waals surface area contributed by atoms with E-state index in [2.05, 4.69) is 5.32 Å². The fourth-order valence-electron chi connectivity index (χ4n) is 1.77. The van der Waals surface area contributed by atoms with Gasteiger partial charge in [-0.1, -0.05) is 6.07 Å². The van der Waals surface area contributed by atoms with Crippen molar-refractivity contribution in [2.45, 2.75) is 12.8 Å². The van der Waals surface area contributed by atoms with E-state index in [0.717, 1.165) is 0 Å². The van der Waals surface area contributed by atoms with Crippen LogP contribution in [0.2, 0.25) is 0 Å². The highest BCUT2D eigenvalue weighted by atomic mass is 16.3. The van der Waals surface area contributed by atoms with Crippen LogP contribution in [-0.2, 0) is 9.59 Å².